The normalized spacial score (nSPS) is 13.5. The van der Waals surface area contributed by atoms with Crippen LogP contribution >= 0.6 is 11.8 Å². The molecule has 1 aliphatic rings. The van der Waals surface area contributed by atoms with Crippen molar-refractivity contribution in [1.29, 1.82) is 0 Å². The third-order valence-corrected chi connectivity index (χ3v) is 5.53. The number of benzene rings is 2. The van der Waals surface area contributed by atoms with E-state index in [1.807, 2.05) is 24.3 Å². The number of nitrogens with zero attached hydrogens (tertiary/aromatic N) is 3. The number of nitrogens with one attached hydrogen (secondary N) is 1. The summed E-state index contributed by atoms with van der Waals surface area (Å²) < 4.78 is 17.6. The van der Waals surface area contributed by atoms with Gasteiger partial charge in [-0.1, -0.05) is 11.8 Å². The molecule has 4 rings (SSSR count). The molecule has 3 aromatic rings. The van der Waals surface area contributed by atoms with Crippen molar-refractivity contribution in [3.05, 3.63) is 42.5 Å². The van der Waals surface area contributed by atoms with E-state index in [-0.39, 0.29) is 5.91 Å². The standard InChI is InChI=1S/C20H21N5O4S/c1-12(19(26)22-14-5-8-16-17(11-14)29-10-9-28-16)30-20-24-23-18(25(20)21)13-3-6-15(27-2)7-4-13/h3-8,11-12H,9-10,21H2,1-2H3,(H,22,26). The molecule has 9 nitrogen and oxygen atoms in total. The van der Waals surface area contributed by atoms with Crippen LogP contribution in [0.2, 0.25) is 0 Å². The second-order valence-corrected chi connectivity index (χ2v) is 7.82. The number of hydrogen-bond donors (Lipinski definition) is 2. The SMILES string of the molecule is COc1ccc(-c2nnc(SC(C)C(=O)Nc3ccc4c(c3)OCCO4)n2N)cc1. The van der Waals surface area contributed by atoms with Crippen molar-refractivity contribution in [3.8, 4) is 28.6 Å². The first-order valence-corrected chi connectivity index (χ1v) is 10.1. The lowest BCUT2D eigenvalue weighted by Crippen LogP contribution is -2.24. The summed E-state index contributed by atoms with van der Waals surface area (Å²) in [5.74, 6) is 8.49. The molecule has 10 heteroatoms. The minimum Gasteiger partial charge on any atom is -0.497 e. The molecule has 0 radical (unpaired) electrons. The van der Waals surface area contributed by atoms with E-state index in [4.69, 9.17) is 20.1 Å². The van der Waals surface area contributed by atoms with Gasteiger partial charge in [-0.15, -0.1) is 10.2 Å². The molecule has 1 unspecified atom stereocenters. The first-order valence-electron chi connectivity index (χ1n) is 9.27. The number of thioether (sulfide) groups is 1. The number of carbonyl (C=O) groups is 1. The predicted octanol–water partition coefficient (Wildman–Crippen LogP) is 2.56. The van der Waals surface area contributed by atoms with Crippen LogP contribution in [-0.2, 0) is 4.79 Å². The van der Waals surface area contributed by atoms with E-state index in [0.717, 1.165) is 11.3 Å². The Hall–Kier alpha value is -3.40. The number of methoxy groups -OCH3 is 1. The zero-order chi connectivity index (χ0) is 21.1. The van der Waals surface area contributed by atoms with E-state index in [0.29, 0.717) is 41.4 Å². The predicted molar refractivity (Wildman–Crippen MR) is 114 cm³/mol. The third kappa shape index (κ3) is 4.13. The van der Waals surface area contributed by atoms with Crippen LogP contribution in [-0.4, -0.2) is 46.4 Å². The smallest absolute Gasteiger partial charge is 0.237 e. The number of rotatable bonds is 6. The Kier molecular flexibility index (Phi) is 5.66. The molecule has 1 aliphatic heterocycles. The monoisotopic (exact) mass is 427 g/mol. The van der Waals surface area contributed by atoms with Crippen molar-refractivity contribution < 1.29 is 19.0 Å². The first kappa shape index (κ1) is 19.9. The van der Waals surface area contributed by atoms with Crippen molar-refractivity contribution in [2.24, 2.45) is 0 Å². The Balaban J connectivity index is 1.42. The number of carbonyl (C=O) groups excluding carboxylic acids is 1. The number of fused-ring (bicyclic) bond motifs is 1. The zero-order valence-electron chi connectivity index (χ0n) is 16.5. The van der Waals surface area contributed by atoms with Gasteiger partial charge in [-0.25, -0.2) is 4.68 Å². The zero-order valence-corrected chi connectivity index (χ0v) is 17.3. The maximum Gasteiger partial charge on any atom is 0.237 e. The molecule has 0 aliphatic carbocycles. The van der Waals surface area contributed by atoms with E-state index in [2.05, 4.69) is 15.5 Å². The van der Waals surface area contributed by atoms with Gasteiger partial charge in [0.2, 0.25) is 11.1 Å². The van der Waals surface area contributed by atoms with E-state index < -0.39 is 5.25 Å². The van der Waals surface area contributed by atoms with Crippen molar-refractivity contribution in [3.63, 3.8) is 0 Å². The fourth-order valence-electron chi connectivity index (χ4n) is 2.87. The number of anilines is 1. The second-order valence-electron chi connectivity index (χ2n) is 6.51. The molecule has 1 amide bonds. The van der Waals surface area contributed by atoms with Crippen molar-refractivity contribution in [2.75, 3.05) is 31.5 Å². The molecule has 156 valence electrons. The van der Waals surface area contributed by atoms with Crippen LogP contribution in [0.1, 0.15) is 6.92 Å². The maximum atomic E-state index is 12.6. The van der Waals surface area contributed by atoms with Gasteiger partial charge in [-0.05, 0) is 43.3 Å². The highest BCUT2D eigenvalue weighted by Gasteiger charge is 2.21. The van der Waals surface area contributed by atoms with Crippen LogP contribution < -0.4 is 25.4 Å². The second kappa shape index (κ2) is 8.54. The van der Waals surface area contributed by atoms with Crippen molar-refractivity contribution in [2.45, 2.75) is 17.3 Å². The number of nitrogen functional groups attached to an aromatic ring is 1. The van der Waals surface area contributed by atoms with Gasteiger partial charge < -0.3 is 25.4 Å². The van der Waals surface area contributed by atoms with Crippen molar-refractivity contribution >= 4 is 23.4 Å². The van der Waals surface area contributed by atoms with Gasteiger partial charge in [0, 0.05) is 17.3 Å². The highest BCUT2D eigenvalue weighted by atomic mass is 32.2. The molecule has 1 aromatic heterocycles. The molecule has 0 spiro atoms. The summed E-state index contributed by atoms with van der Waals surface area (Å²) in [5, 5.41) is 11.1. The van der Waals surface area contributed by atoms with Gasteiger partial charge in [0.05, 0.1) is 12.4 Å². The summed E-state index contributed by atoms with van der Waals surface area (Å²) in [4.78, 5) is 12.6. The fourth-order valence-corrected chi connectivity index (χ4v) is 3.64. The quantitative estimate of drug-likeness (QED) is 0.456. The summed E-state index contributed by atoms with van der Waals surface area (Å²) in [6.07, 6.45) is 0. The average Bonchev–Trinajstić information content (AvgIpc) is 3.13. The van der Waals surface area contributed by atoms with Gasteiger partial charge in [-0.3, -0.25) is 4.79 Å². The molecule has 0 bridgehead atoms. The summed E-state index contributed by atoms with van der Waals surface area (Å²) in [6.45, 7) is 2.78. The molecular formula is C20H21N5O4S. The first-order chi connectivity index (χ1) is 14.5. The molecule has 2 aromatic carbocycles. The summed E-state index contributed by atoms with van der Waals surface area (Å²) >= 11 is 1.22. The molecule has 2 heterocycles. The lowest BCUT2D eigenvalue weighted by Gasteiger charge is -2.19. The number of aromatic nitrogens is 3. The van der Waals surface area contributed by atoms with E-state index in [9.17, 15) is 4.79 Å². The minimum absolute atomic E-state index is 0.189. The van der Waals surface area contributed by atoms with Crippen LogP contribution in [0.3, 0.4) is 0 Å². The molecule has 1 atom stereocenters. The van der Waals surface area contributed by atoms with Crippen molar-refractivity contribution in [1.82, 2.24) is 14.9 Å². The Bertz CT molecular complexity index is 1050. The summed E-state index contributed by atoms with van der Waals surface area (Å²) in [6, 6.07) is 12.6. The average molecular weight is 427 g/mol. The van der Waals surface area contributed by atoms with Crippen LogP contribution in [0.4, 0.5) is 5.69 Å². The van der Waals surface area contributed by atoms with Crippen LogP contribution in [0.15, 0.2) is 47.6 Å². The van der Waals surface area contributed by atoms with Crippen LogP contribution in [0.5, 0.6) is 17.2 Å². The highest BCUT2D eigenvalue weighted by Crippen LogP contribution is 2.33. The van der Waals surface area contributed by atoms with Gasteiger partial charge in [0.15, 0.2) is 17.3 Å². The maximum absolute atomic E-state index is 12.6. The summed E-state index contributed by atoms with van der Waals surface area (Å²) in [7, 11) is 1.60. The number of nitrogens with two attached hydrogens (primary N) is 1. The molecule has 0 fully saturated rings. The number of amides is 1. The lowest BCUT2D eigenvalue weighted by molar-refractivity contribution is -0.115. The van der Waals surface area contributed by atoms with Crippen LogP contribution in [0.25, 0.3) is 11.4 Å². The Morgan fingerprint density at radius 2 is 1.90 bits per heavy atom. The number of hydrogen-bond acceptors (Lipinski definition) is 8. The van der Waals surface area contributed by atoms with Gasteiger partial charge in [0.25, 0.3) is 0 Å². The van der Waals surface area contributed by atoms with Gasteiger partial charge >= 0.3 is 0 Å². The Labute approximate surface area is 177 Å². The van der Waals surface area contributed by atoms with E-state index in [1.165, 1.54) is 16.4 Å². The Morgan fingerprint density at radius 1 is 1.17 bits per heavy atom. The third-order valence-electron chi connectivity index (χ3n) is 4.47. The van der Waals surface area contributed by atoms with E-state index in [1.54, 1.807) is 32.2 Å². The van der Waals surface area contributed by atoms with E-state index >= 15 is 0 Å². The topological polar surface area (TPSA) is 114 Å². The minimum atomic E-state index is -0.451. The van der Waals surface area contributed by atoms with Gasteiger partial charge in [0.1, 0.15) is 19.0 Å². The largest absolute Gasteiger partial charge is 0.497 e. The summed E-state index contributed by atoms with van der Waals surface area (Å²) in [5.41, 5.74) is 1.43. The highest BCUT2D eigenvalue weighted by molar-refractivity contribution is 8.00. The fraction of sp³-hybridized carbons (Fsp3) is 0.250. The molecular weight excluding hydrogens is 406 g/mol. The molecule has 3 N–H and O–H groups in total. The molecule has 0 saturated heterocycles. The molecule has 0 saturated carbocycles. The molecule has 30 heavy (non-hydrogen) atoms. The lowest BCUT2D eigenvalue weighted by atomic mass is 10.2. The van der Waals surface area contributed by atoms with Gasteiger partial charge in [-0.2, -0.15) is 0 Å². The van der Waals surface area contributed by atoms with Crippen LogP contribution in [0, 0.1) is 0 Å². The Morgan fingerprint density at radius 3 is 2.63 bits per heavy atom. The number of ether oxygens (including phenoxy) is 3.